The Labute approximate surface area is 127 Å². The van der Waals surface area contributed by atoms with E-state index in [-0.39, 0.29) is 46.1 Å². The predicted octanol–water partition coefficient (Wildman–Crippen LogP) is -3.77. The van der Waals surface area contributed by atoms with Gasteiger partial charge in [0.2, 0.25) is 0 Å². The summed E-state index contributed by atoms with van der Waals surface area (Å²) in [6.07, 6.45) is 0. The number of phosphoric acid groups is 3. The summed E-state index contributed by atoms with van der Waals surface area (Å²) in [6.45, 7) is 0. The second kappa shape index (κ2) is 12.6. The van der Waals surface area contributed by atoms with Gasteiger partial charge in [-0.3, -0.25) is 0 Å². The van der Waals surface area contributed by atoms with Crippen LogP contribution < -0.4 is 0 Å². The fraction of sp³-hybridized carbons (Fsp3) is 0. The van der Waals surface area contributed by atoms with Gasteiger partial charge in [0.15, 0.2) is 0 Å². The molecule has 0 atom stereocenters. The molecule has 0 aromatic heterocycles. The zero-order valence-corrected chi connectivity index (χ0v) is 12.7. The Balaban J connectivity index is -0.0000000206. The summed E-state index contributed by atoms with van der Waals surface area (Å²) >= 11 is 0. The van der Waals surface area contributed by atoms with E-state index < -0.39 is 23.5 Å². The smallest absolute Gasteiger partial charge is 1.00 e. The van der Waals surface area contributed by atoms with Crippen LogP contribution >= 0.6 is 23.5 Å². The van der Waals surface area contributed by atoms with Gasteiger partial charge in [-0.25, -0.2) is 13.7 Å². The van der Waals surface area contributed by atoms with Crippen molar-refractivity contribution in [3.8, 4) is 0 Å². The van der Waals surface area contributed by atoms with E-state index in [2.05, 4.69) is 0 Å². The molecule has 0 aliphatic heterocycles. The van der Waals surface area contributed by atoms with Crippen LogP contribution in [0, 0.1) is 0 Å². The van der Waals surface area contributed by atoms with Gasteiger partial charge in [0.05, 0.1) is 0 Å². The Hall–Kier alpha value is 1.55. The van der Waals surface area contributed by atoms with Crippen molar-refractivity contribution >= 4 is 61.2 Å². The van der Waals surface area contributed by atoms with E-state index in [4.69, 9.17) is 57.7 Å². The summed E-state index contributed by atoms with van der Waals surface area (Å²) < 4.78 is 26.6. The third-order valence-corrected chi connectivity index (χ3v) is 0. The van der Waals surface area contributed by atoms with Crippen molar-refractivity contribution in [1.29, 1.82) is 0 Å². The van der Waals surface area contributed by atoms with Crippen LogP contribution in [-0.2, 0) is 13.7 Å². The number of hydrogen-bond acceptors (Lipinski definition) is 3. The molecule has 108 valence electrons. The van der Waals surface area contributed by atoms with Crippen molar-refractivity contribution in [2.45, 2.75) is 0 Å². The van der Waals surface area contributed by atoms with Gasteiger partial charge >= 0.3 is 61.2 Å². The minimum atomic E-state index is -4.64. The van der Waals surface area contributed by atoms with Crippen LogP contribution in [0.4, 0.5) is 0 Å². The third kappa shape index (κ3) is 1770. The molecule has 0 amide bonds. The summed E-state index contributed by atoms with van der Waals surface area (Å²) in [6, 6.07) is 0. The molecule has 13 nitrogen and oxygen atoms in total. The maximum Gasteiger partial charge on any atom is 2.00 e. The average Bonchev–Trinajstić information content (AvgIpc) is 1.41. The van der Waals surface area contributed by atoms with Crippen molar-refractivity contribution in [3.63, 3.8) is 0 Å². The van der Waals surface area contributed by atoms with Gasteiger partial charge in [-0.15, -0.1) is 0 Å². The molecule has 0 fully saturated rings. The van der Waals surface area contributed by atoms with Gasteiger partial charge in [-0.1, -0.05) is 0 Å². The van der Waals surface area contributed by atoms with E-state index in [1.54, 1.807) is 0 Å². The zero-order chi connectivity index (χ0) is 13.5. The molecule has 0 radical (unpaired) electrons. The predicted molar refractivity (Wildman–Crippen MR) is 54.4 cm³/mol. The fourth-order valence-electron chi connectivity index (χ4n) is 0. The Morgan fingerprint density at radius 2 is 0.529 bits per heavy atom. The van der Waals surface area contributed by atoms with E-state index in [0.29, 0.717) is 0 Å². The Morgan fingerprint density at radius 3 is 0.529 bits per heavy atom. The van der Waals surface area contributed by atoms with Crippen LogP contribution in [0.3, 0.4) is 0 Å². The first-order valence-corrected chi connectivity index (χ1v) is 7.04. The van der Waals surface area contributed by atoms with Gasteiger partial charge in [0, 0.05) is 0 Å². The van der Waals surface area contributed by atoms with Gasteiger partial charge in [-0.2, -0.15) is 0 Å². The SMILES string of the molecule is O.O=P(O)(O)O.O=P(O)(O)O.O=P(O)(O)O.[Ca+2].[H-].[H-]. The first-order chi connectivity index (χ1) is 6.00. The van der Waals surface area contributed by atoms with E-state index >= 15 is 0 Å². The Kier molecular flexibility index (Phi) is 23.0. The summed E-state index contributed by atoms with van der Waals surface area (Å²) in [7, 11) is -13.9. The monoisotopic (exact) mass is 354 g/mol. The van der Waals surface area contributed by atoms with E-state index in [1.807, 2.05) is 0 Å². The topological polar surface area (TPSA) is 265 Å². The van der Waals surface area contributed by atoms with Gasteiger partial charge in [-0.05, 0) is 0 Å². The van der Waals surface area contributed by atoms with Crippen LogP contribution in [0.25, 0.3) is 0 Å². The second-order valence-electron chi connectivity index (χ2n) is 1.54. The summed E-state index contributed by atoms with van der Waals surface area (Å²) in [4.78, 5) is 64.7. The first-order valence-electron chi connectivity index (χ1n) is 2.35. The van der Waals surface area contributed by atoms with Crippen molar-refractivity contribution in [1.82, 2.24) is 0 Å². The van der Waals surface area contributed by atoms with E-state index in [9.17, 15) is 0 Å². The molecule has 0 aromatic carbocycles. The maximum absolute atomic E-state index is 8.88. The maximum atomic E-state index is 8.88. The molecule has 17 heavy (non-hydrogen) atoms. The molecular weight excluding hydrogens is 341 g/mol. The summed E-state index contributed by atoms with van der Waals surface area (Å²) in [5, 5.41) is 0. The Bertz CT molecular complexity index is 212. The summed E-state index contributed by atoms with van der Waals surface area (Å²) in [5.41, 5.74) is 0. The molecule has 0 bridgehead atoms. The van der Waals surface area contributed by atoms with Crippen LogP contribution in [0.2, 0.25) is 0 Å². The molecule has 0 rings (SSSR count). The molecule has 0 aliphatic carbocycles. The second-order valence-corrected chi connectivity index (χ2v) is 4.62. The van der Waals surface area contributed by atoms with Crippen LogP contribution in [0.5, 0.6) is 0 Å². The molecular formula is H13CaO13P3. The molecule has 0 saturated carbocycles. The van der Waals surface area contributed by atoms with Crippen LogP contribution in [0.15, 0.2) is 0 Å². The molecule has 0 aliphatic rings. The molecule has 0 spiro atoms. The van der Waals surface area contributed by atoms with Crippen LogP contribution in [0.1, 0.15) is 2.85 Å². The standard InChI is InChI=1S/Ca.3H3O4P.H2O.2H/c;3*1-5(2,3)4;;;/h;3*(H3,1,2,3,4);1H2;;/q+2;;;;;2*-1. The normalized spacial score (nSPS) is 10.4. The first kappa shape index (κ1) is 31.1. The number of hydrogen-bond donors (Lipinski definition) is 9. The zero-order valence-electron chi connectivity index (χ0n) is 9.80. The Morgan fingerprint density at radius 1 is 0.529 bits per heavy atom. The molecule has 0 unspecified atom stereocenters. The van der Waals surface area contributed by atoms with Gasteiger partial charge < -0.3 is 52.4 Å². The summed E-state index contributed by atoms with van der Waals surface area (Å²) in [5.74, 6) is 0. The molecule has 0 saturated heterocycles. The molecule has 11 N–H and O–H groups in total. The largest absolute Gasteiger partial charge is 2.00 e. The molecule has 0 aromatic rings. The van der Waals surface area contributed by atoms with Crippen molar-refractivity contribution < 1.29 is 66.1 Å². The minimum absolute atomic E-state index is 0. The van der Waals surface area contributed by atoms with Crippen molar-refractivity contribution in [2.24, 2.45) is 0 Å². The minimum Gasteiger partial charge on any atom is -1.00 e. The molecule has 17 heteroatoms. The van der Waals surface area contributed by atoms with E-state index in [0.717, 1.165) is 0 Å². The third-order valence-electron chi connectivity index (χ3n) is 0. The quantitative estimate of drug-likeness (QED) is 0.150. The van der Waals surface area contributed by atoms with Crippen molar-refractivity contribution in [3.05, 3.63) is 0 Å². The van der Waals surface area contributed by atoms with Gasteiger partial charge in [0.25, 0.3) is 0 Å². The number of rotatable bonds is 0. The fourth-order valence-corrected chi connectivity index (χ4v) is 0. The van der Waals surface area contributed by atoms with Crippen LogP contribution in [-0.4, -0.2) is 87.3 Å². The van der Waals surface area contributed by atoms with E-state index in [1.165, 1.54) is 0 Å². The molecule has 0 heterocycles. The van der Waals surface area contributed by atoms with Crippen molar-refractivity contribution in [2.75, 3.05) is 0 Å². The average molecular weight is 354 g/mol. The van der Waals surface area contributed by atoms with Gasteiger partial charge in [0.1, 0.15) is 0 Å².